The summed E-state index contributed by atoms with van der Waals surface area (Å²) in [5, 5.41) is 4.61. The topological polar surface area (TPSA) is 53.1 Å². The molecule has 49 heavy (non-hydrogen) atoms. The number of ether oxygens (including phenoxy) is 1. The van der Waals surface area contributed by atoms with Gasteiger partial charge >= 0.3 is 21.1 Å². The van der Waals surface area contributed by atoms with Crippen LogP contribution in [0.4, 0.5) is 0 Å². The number of pyridine rings is 2. The van der Waals surface area contributed by atoms with Crippen molar-refractivity contribution in [1.29, 1.82) is 0 Å². The van der Waals surface area contributed by atoms with Crippen LogP contribution in [0.2, 0.25) is 0 Å². The number of thiophene rings is 1. The van der Waals surface area contributed by atoms with Crippen LogP contribution >= 0.6 is 11.3 Å². The van der Waals surface area contributed by atoms with Gasteiger partial charge in [0.1, 0.15) is 11.4 Å². The summed E-state index contributed by atoms with van der Waals surface area (Å²) in [7, 11) is 0. The van der Waals surface area contributed by atoms with Gasteiger partial charge in [-0.05, 0) is 67.9 Å². The minimum Gasteiger partial charge on any atom is -0.476 e. The SMILES string of the molecule is CC(C)(C)c1cc(Oc2nc(-n3c4[c-]cccc4c4ccccc43)ccc2C(C)(C)C)nc(-c2[c-]c3oc4cccc5sc(c2)c3c45)c1.[Pt+2]. The predicted octanol–water partition coefficient (Wildman–Crippen LogP) is 11.8. The van der Waals surface area contributed by atoms with Gasteiger partial charge in [0, 0.05) is 27.2 Å². The molecule has 0 aliphatic carbocycles. The molecule has 244 valence electrons. The molecule has 5 heterocycles. The van der Waals surface area contributed by atoms with E-state index in [0.29, 0.717) is 11.8 Å². The molecule has 5 nitrogen and oxygen atoms in total. The molecular weight excluding hydrogens is 806 g/mol. The van der Waals surface area contributed by atoms with Gasteiger partial charge in [0.05, 0.1) is 5.58 Å². The van der Waals surface area contributed by atoms with E-state index in [1.807, 2.05) is 30.3 Å². The van der Waals surface area contributed by atoms with Gasteiger partial charge in [-0.25, -0.2) is 0 Å². The summed E-state index contributed by atoms with van der Waals surface area (Å²) < 4.78 is 17.6. The Kier molecular flexibility index (Phi) is 7.30. The first kappa shape index (κ1) is 31.7. The van der Waals surface area contributed by atoms with Crippen molar-refractivity contribution in [1.82, 2.24) is 14.5 Å². The van der Waals surface area contributed by atoms with Gasteiger partial charge in [-0.15, -0.1) is 17.0 Å². The third-order valence-corrected chi connectivity index (χ3v) is 10.3. The average molecular weight is 839 g/mol. The molecule has 0 fully saturated rings. The summed E-state index contributed by atoms with van der Waals surface area (Å²) in [6, 6.07) is 38.3. The smallest absolute Gasteiger partial charge is 0.476 e. The Balaban J connectivity index is 0.00000348. The van der Waals surface area contributed by atoms with Crippen molar-refractivity contribution in [2.75, 3.05) is 0 Å². The molecule has 0 spiro atoms. The molecule has 0 unspecified atom stereocenters. The van der Waals surface area contributed by atoms with Crippen LogP contribution < -0.4 is 4.74 Å². The minimum absolute atomic E-state index is 0. The van der Waals surface area contributed by atoms with Crippen molar-refractivity contribution < 1.29 is 30.2 Å². The molecule has 4 aromatic carbocycles. The summed E-state index contributed by atoms with van der Waals surface area (Å²) in [6.45, 7) is 13.2. The van der Waals surface area contributed by atoms with Crippen molar-refractivity contribution in [3.8, 4) is 28.8 Å². The molecule has 0 aliphatic heterocycles. The van der Waals surface area contributed by atoms with Gasteiger partial charge in [0.25, 0.3) is 0 Å². The molecule has 7 heteroatoms. The maximum atomic E-state index is 6.79. The second kappa shape index (κ2) is 11.3. The Hall–Kier alpha value is -4.51. The number of furan rings is 1. The van der Waals surface area contributed by atoms with Crippen LogP contribution in [0.1, 0.15) is 52.7 Å². The van der Waals surface area contributed by atoms with E-state index in [0.717, 1.165) is 71.3 Å². The third-order valence-electron chi connectivity index (χ3n) is 9.19. The van der Waals surface area contributed by atoms with Gasteiger partial charge in [-0.1, -0.05) is 83.5 Å². The first-order valence-corrected chi connectivity index (χ1v) is 17.1. The van der Waals surface area contributed by atoms with Crippen LogP contribution in [-0.4, -0.2) is 14.5 Å². The standard InChI is InChI=1S/C42H33N3O2S.Pt/c1-41(2,3)25-22-29(24-20-33-39-35(21-24)48-34-17-11-16-32(46-33)38(34)39)43-37(23-25)47-40-28(42(4,5)6)18-19-36(44-40)45-30-14-9-7-12-26(30)27-13-8-10-15-31(27)45;/h7-14,16-19,21-23H,1-6H3;/q-2;+2. The van der Waals surface area contributed by atoms with Crippen molar-refractivity contribution in [2.45, 2.75) is 52.4 Å². The molecule has 0 saturated heterocycles. The van der Waals surface area contributed by atoms with Crippen LogP contribution in [0.5, 0.6) is 11.8 Å². The van der Waals surface area contributed by atoms with E-state index in [4.69, 9.17) is 19.1 Å². The summed E-state index contributed by atoms with van der Waals surface area (Å²) in [5.74, 6) is 1.79. The summed E-state index contributed by atoms with van der Waals surface area (Å²) in [5.41, 5.74) is 7.08. The normalized spacial score (nSPS) is 12.5. The Labute approximate surface area is 303 Å². The Morgan fingerprint density at radius 2 is 1.59 bits per heavy atom. The fourth-order valence-electron chi connectivity index (χ4n) is 6.74. The van der Waals surface area contributed by atoms with Gasteiger partial charge in [-0.2, -0.15) is 40.6 Å². The summed E-state index contributed by atoms with van der Waals surface area (Å²) >= 11 is 1.77. The zero-order valence-electron chi connectivity index (χ0n) is 28.0. The second-order valence-electron chi connectivity index (χ2n) is 14.6. The molecule has 0 aliphatic rings. The summed E-state index contributed by atoms with van der Waals surface area (Å²) in [4.78, 5) is 10.3. The number of para-hydroxylation sites is 2. The van der Waals surface area contributed by atoms with E-state index in [-0.39, 0.29) is 31.9 Å². The quantitative estimate of drug-likeness (QED) is 0.166. The molecule has 9 aromatic rings. The number of hydrogen-bond acceptors (Lipinski definition) is 5. The van der Waals surface area contributed by atoms with Crippen LogP contribution in [0.3, 0.4) is 0 Å². The predicted molar refractivity (Wildman–Crippen MR) is 197 cm³/mol. The molecule has 0 atom stereocenters. The maximum absolute atomic E-state index is 6.79. The molecule has 0 N–H and O–H groups in total. The van der Waals surface area contributed by atoms with Crippen molar-refractivity contribution in [3.63, 3.8) is 0 Å². The van der Waals surface area contributed by atoms with Crippen LogP contribution in [-0.2, 0) is 31.9 Å². The Morgan fingerprint density at radius 3 is 2.41 bits per heavy atom. The molecule has 5 aromatic heterocycles. The number of nitrogens with zero attached hydrogens (tertiary/aromatic N) is 3. The first-order chi connectivity index (χ1) is 23.0. The molecular formula is C42H33N3O2PtS. The third kappa shape index (κ3) is 5.16. The molecule has 0 radical (unpaired) electrons. The second-order valence-corrected chi connectivity index (χ2v) is 15.7. The van der Waals surface area contributed by atoms with Crippen LogP contribution in [0.25, 0.3) is 70.2 Å². The van der Waals surface area contributed by atoms with E-state index in [1.165, 1.54) is 10.1 Å². The zero-order valence-corrected chi connectivity index (χ0v) is 31.1. The van der Waals surface area contributed by atoms with Crippen LogP contribution in [0, 0.1) is 12.1 Å². The molecule has 9 rings (SSSR count). The van der Waals surface area contributed by atoms with Gasteiger partial charge < -0.3 is 13.7 Å². The Bertz CT molecular complexity index is 2570. The fourth-order valence-corrected chi connectivity index (χ4v) is 7.90. The van der Waals surface area contributed by atoms with Gasteiger partial charge in [0.15, 0.2) is 0 Å². The molecule has 0 bridgehead atoms. The van der Waals surface area contributed by atoms with E-state index < -0.39 is 0 Å². The van der Waals surface area contributed by atoms with E-state index in [1.54, 1.807) is 11.3 Å². The van der Waals surface area contributed by atoms with Crippen molar-refractivity contribution in [2.24, 2.45) is 0 Å². The number of hydrogen-bond donors (Lipinski definition) is 0. The number of rotatable bonds is 4. The largest absolute Gasteiger partial charge is 2.00 e. The zero-order chi connectivity index (χ0) is 32.9. The summed E-state index contributed by atoms with van der Waals surface area (Å²) in [6.07, 6.45) is 0. The molecule has 0 saturated carbocycles. The van der Waals surface area contributed by atoms with Crippen LogP contribution in [0.15, 0.2) is 95.4 Å². The molecule has 0 amide bonds. The monoisotopic (exact) mass is 838 g/mol. The number of fused-ring (bicyclic) bond motifs is 3. The van der Waals surface area contributed by atoms with Gasteiger partial charge in [0.2, 0.25) is 11.8 Å². The van der Waals surface area contributed by atoms with Crippen molar-refractivity contribution in [3.05, 3.63) is 114 Å². The maximum Gasteiger partial charge on any atom is 2.00 e. The van der Waals surface area contributed by atoms with E-state index in [9.17, 15) is 0 Å². The van der Waals surface area contributed by atoms with E-state index in [2.05, 4.69) is 119 Å². The average Bonchev–Trinajstić information content (AvgIpc) is 3.73. The van der Waals surface area contributed by atoms with Gasteiger partial charge in [-0.3, -0.25) is 4.98 Å². The minimum atomic E-state index is -0.224. The number of benzene rings is 4. The first-order valence-electron chi connectivity index (χ1n) is 16.2. The number of aromatic nitrogens is 3. The Morgan fingerprint density at radius 1 is 0.776 bits per heavy atom. The fraction of sp³-hybridized carbons (Fsp3) is 0.190. The van der Waals surface area contributed by atoms with Crippen molar-refractivity contribution >= 4 is 64.5 Å². The van der Waals surface area contributed by atoms with E-state index >= 15 is 0 Å².